The third-order valence-electron chi connectivity index (χ3n) is 24.4. The minimum atomic E-state index is -0.0784. The van der Waals surface area contributed by atoms with Gasteiger partial charge in [0.25, 0.3) is 0 Å². The van der Waals surface area contributed by atoms with E-state index in [-0.39, 0.29) is 27.4 Å². The Morgan fingerprint density at radius 3 is 0.430 bits per heavy atom. The Balaban J connectivity index is 1.22. The molecule has 0 N–H and O–H groups in total. The highest BCUT2D eigenvalue weighted by molar-refractivity contribution is 6.17. The Kier molecular flexibility index (Phi) is 25.9. The molecule has 0 aromatic heterocycles. The predicted molar refractivity (Wildman–Crippen MR) is 502 cm³/mol. The fourth-order valence-corrected chi connectivity index (χ4v) is 18.3. The van der Waals surface area contributed by atoms with E-state index in [0.717, 1.165) is 189 Å². The van der Waals surface area contributed by atoms with Crippen LogP contribution in [-0.4, -0.2) is 52.5 Å². The third-order valence-corrected chi connectivity index (χ3v) is 24.4. The molecule has 0 aliphatic heterocycles. The van der Waals surface area contributed by atoms with Crippen LogP contribution in [0.1, 0.15) is 328 Å². The lowest BCUT2D eigenvalue weighted by Crippen LogP contribution is -2.18. The minimum absolute atomic E-state index is 0.0784. The van der Waals surface area contributed by atoms with Crippen molar-refractivity contribution in [2.24, 2.45) is 0 Å². The summed E-state index contributed by atoms with van der Waals surface area (Å²) in [6.45, 7) is 71.5. The van der Waals surface area contributed by atoms with Crippen molar-refractivity contribution in [3.63, 3.8) is 0 Å². The Bertz CT molecular complexity index is 5730. The Hall–Kier alpha value is -12.7. The molecule has 10 heteroatoms. The molecule has 0 fully saturated rings. The van der Waals surface area contributed by atoms with E-state index in [9.17, 15) is 27.7 Å². The van der Waals surface area contributed by atoms with Gasteiger partial charge in [-0.25, -0.2) is 0 Å². The molecule has 121 heavy (non-hydrogen) atoms. The zero-order chi connectivity index (χ0) is 89.8. The fraction of sp³-hybridized carbons (Fsp3) is 0.342. The summed E-state index contributed by atoms with van der Waals surface area (Å²) in [5.41, 5.74) is 96.8. The van der Waals surface area contributed by atoms with Crippen molar-refractivity contribution < 1.29 is 23.9 Å². The number of aryl methyl sites for hydroxylation is 16. The van der Waals surface area contributed by atoms with Gasteiger partial charge in [0.2, 0.25) is 0 Å². The van der Waals surface area contributed by atoms with Crippen molar-refractivity contribution in [3.8, 4) is 47.4 Å². The molecule has 0 aliphatic carbocycles. The molecule has 0 aliphatic rings. The van der Waals surface area contributed by atoms with Crippen molar-refractivity contribution >= 4 is 28.6 Å². The highest BCUT2D eigenvalue weighted by Gasteiger charge is 2.35. The number of benzene rings is 10. The molecule has 612 valence electrons. The lowest BCUT2D eigenvalue weighted by Gasteiger charge is -2.22. The lowest BCUT2D eigenvalue weighted by atomic mass is 9.80. The van der Waals surface area contributed by atoms with Crippen molar-refractivity contribution in [3.05, 3.63) is 370 Å². The summed E-state index contributed by atoms with van der Waals surface area (Å²) in [7, 11) is 0. The Morgan fingerprint density at radius 1 is 0.182 bits per heavy atom. The van der Waals surface area contributed by atoms with E-state index >= 15 is 0 Å². The highest BCUT2D eigenvalue weighted by atomic mass is 14.9. The lowest BCUT2D eigenvalue weighted by molar-refractivity contribution is -0.00342. The normalized spacial score (nSPS) is 11.3. The van der Waals surface area contributed by atoms with E-state index < -0.39 is 0 Å². The van der Waals surface area contributed by atoms with Crippen LogP contribution in [0.15, 0.2) is 97.1 Å². The van der Waals surface area contributed by atoms with Gasteiger partial charge in [0, 0.05) is 44.5 Å². The van der Waals surface area contributed by atoms with E-state index in [1.54, 1.807) is 0 Å². The standard InChI is InChI=1S/C111H118N10/c1-59-43-81(44-60(2)93(59)103(117-112)97-67(9)51-85(52-68(97)10)108(23,24)25)35-39-89-75(17)90(40-36-82-45-61(3)94(62(4)46-82)104(118-113)98-69(11)53-86(54-70(98)12)109(26,27)28)78(20)101(77(89)19)107(121-116)102-79(21)91(41-37-83-47-63(5)95(64(6)48-83)105(119-114)99-71(13)55-87(56-72(99)14)110(29,30)31)76(18)92(80(102)22)42-38-84-49-65(7)96(66(8)50-84)106(120-115)100-73(15)57-88(58-74(100)16)111(32,33)34/h43-58H,1-34H3. The molecule has 0 saturated carbocycles. The van der Waals surface area contributed by atoms with Crippen LogP contribution >= 0.6 is 0 Å². The first-order chi connectivity index (χ1) is 56.4. The molecule has 10 rings (SSSR count). The number of rotatable bonds is 10. The van der Waals surface area contributed by atoms with Crippen LogP contribution in [0.5, 0.6) is 0 Å². The maximum atomic E-state index is 12.3. The second kappa shape index (κ2) is 34.6. The molecule has 0 atom stereocenters. The molecule has 0 radical (unpaired) electrons. The predicted octanol–water partition coefficient (Wildman–Crippen LogP) is 24.6. The van der Waals surface area contributed by atoms with E-state index in [0.29, 0.717) is 56.2 Å². The average Bonchev–Trinajstić information content (AvgIpc) is 0.381. The van der Waals surface area contributed by atoms with Gasteiger partial charge in [-0.05, 0) is 367 Å². The minimum Gasteiger partial charge on any atom is -0.361 e. The van der Waals surface area contributed by atoms with Crippen molar-refractivity contribution in [2.45, 2.75) is 257 Å². The van der Waals surface area contributed by atoms with E-state index in [2.05, 4.69) is 272 Å². The molecule has 0 heterocycles. The SMILES string of the molecule is Cc1cc(C#Cc2c(C)c(C#Cc3cc(C)c(C(=[N+]=[N-])c4c(C)cc(C(C)(C)C)cc4C)c(C)c3)c(C)c(C(=[N+]=[N-])c3c(C)c(C#Cc4cc(C)c(C(=[N+]=[N-])c5c(C)cc(C(C)(C)C)cc5C)c(C)c4)c(C)c(C#Cc4cc(C)c(C(=[N+]=[N-])c5c(C)cc(C(C)(C)C)cc5C)c(C)c4)c3C)c2C)cc(C)c1C(=[N+]=[N-])c1c(C)cc(C(C)(C)C)cc1C. The summed E-state index contributed by atoms with van der Waals surface area (Å²) in [6, 6.07) is 33.9. The van der Waals surface area contributed by atoms with Gasteiger partial charge in [-0.2, -0.15) is 23.9 Å². The van der Waals surface area contributed by atoms with Crippen molar-refractivity contribution in [2.75, 3.05) is 0 Å². The van der Waals surface area contributed by atoms with E-state index in [1.165, 1.54) is 22.3 Å². The topological polar surface area (TPSA) is 182 Å². The van der Waals surface area contributed by atoms with Gasteiger partial charge in [0.05, 0.1) is 55.6 Å². The van der Waals surface area contributed by atoms with Crippen LogP contribution in [0.25, 0.3) is 27.7 Å². The van der Waals surface area contributed by atoms with Crippen molar-refractivity contribution in [1.82, 2.24) is 0 Å². The molecule has 0 unspecified atom stereocenters. The van der Waals surface area contributed by atoms with Crippen LogP contribution in [0.3, 0.4) is 0 Å². The van der Waals surface area contributed by atoms with Gasteiger partial charge in [0.1, 0.15) is 0 Å². The summed E-state index contributed by atoms with van der Waals surface area (Å²) < 4.78 is 0. The molecule has 0 bridgehead atoms. The average molecular weight is 1590 g/mol. The first-order valence-corrected chi connectivity index (χ1v) is 41.9. The molecule has 10 nitrogen and oxygen atoms in total. The van der Waals surface area contributed by atoms with Crippen LogP contribution in [0.4, 0.5) is 0 Å². The zero-order valence-corrected chi connectivity index (χ0v) is 78.2. The largest absolute Gasteiger partial charge is 0.361 e. The van der Waals surface area contributed by atoms with Crippen LogP contribution in [0.2, 0.25) is 0 Å². The molecular formula is C111H118N10. The second-order valence-electron chi connectivity index (χ2n) is 38.1. The number of nitrogens with zero attached hydrogens (tertiary/aromatic N) is 10. The van der Waals surface area contributed by atoms with Gasteiger partial charge in [-0.15, -0.1) is 0 Å². The Labute approximate surface area is 721 Å². The number of hydrogen-bond acceptors (Lipinski definition) is 0. The third kappa shape index (κ3) is 18.0. The zero-order valence-electron chi connectivity index (χ0n) is 78.2. The first kappa shape index (κ1) is 90.7. The smallest absolute Gasteiger partial charge is 0.330 e. The van der Waals surface area contributed by atoms with Crippen LogP contribution in [0, 0.1) is 200 Å². The summed E-state index contributed by atoms with van der Waals surface area (Å²) in [6.07, 6.45) is 0. The summed E-state index contributed by atoms with van der Waals surface area (Å²) in [5.74, 6) is 29.1. The molecule has 10 aromatic carbocycles. The Morgan fingerprint density at radius 2 is 0.306 bits per heavy atom. The first-order valence-electron chi connectivity index (χ1n) is 41.9. The van der Waals surface area contributed by atoms with Gasteiger partial charge < -0.3 is 27.7 Å². The van der Waals surface area contributed by atoms with Gasteiger partial charge in [0.15, 0.2) is 0 Å². The monoisotopic (exact) mass is 1590 g/mol. The molecule has 0 saturated heterocycles. The molecule has 10 aromatic rings. The van der Waals surface area contributed by atoms with Crippen LogP contribution in [-0.2, 0) is 21.7 Å². The summed E-state index contributed by atoms with van der Waals surface area (Å²) in [4.78, 5) is 20.5. The molecule has 0 amide bonds. The number of hydrogen-bond donors (Lipinski definition) is 0. The highest BCUT2D eigenvalue weighted by Crippen LogP contribution is 2.39. The maximum absolute atomic E-state index is 12.3. The van der Waals surface area contributed by atoms with Gasteiger partial charge >= 0.3 is 28.6 Å². The van der Waals surface area contributed by atoms with E-state index in [1.807, 2.05) is 132 Å². The van der Waals surface area contributed by atoms with Crippen molar-refractivity contribution in [1.29, 1.82) is 0 Å². The molecule has 0 spiro atoms. The second-order valence-corrected chi connectivity index (χ2v) is 38.1. The van der Waals surface area contributed by atoms with E-state index in [4.69, 9.17) is 0 Å². The van der Waals surface area contributed by atoms with Crippen LogP contribution < -0.4 is 0 Å². The van der Waals surface area contributed by atoms with Gasteiger partial charge in [-0.1, -0.05) is 179 Å². The maximum Gasteiger partial charge on any atom is 0.330 e. The summed E-state index contributed by atoms with van der Waals surface area (Å²) in [5, 5.41) is 0. The molecular weight excluding hydrogens is 1470 g/mol. The van der Waals surface area contributed by atoms with Gasteiger partial charge in [-0.3, -0.25) is 0 Å². The quantitative estimate of drug-likeness (QED) is 0.0547. The fourth-order valence-electron chi connectivity index (χ4n) is 18.3. The summed E-state index contributed by atoms with van der Waals surface area (Å²) >= 11 is 0.